The fourth-order valence-corrected chi connectivity index (χ4v) is 5.27. The van der Waals surface area contributed by atoms with Crippen LogP contribution in [0.1, 0.15) is 126 Å². The van der Waals surface area contributed by atoms with E-state index in [1.165, 1.54) is 48.0 Å². The van der Waals surface area contributed by atoms with Gasteiger partial charge in [0.05, 0.1) is 5.60 Å². The monoisotopic (exact) mass is 428 g/mol. The van der Waals surface area contributed by atoms with E-state index in [0.717, 1.165) is 44.9 Å². The van der Waals surface area contributed by atoms with Crippen LogP contribution < -0.4 is 0 Å². The standard InChI is InChI=1S/C30H52O/c1-24(2)14-11-17-26(4)19-12-18-25(3)15-9-10-16-27(5)20-21-28-29(6,7)22-13-23-30(28,8)31/h14-16,19,28,31H,9-13,17-18,20-23H2,1-8H3. The fourth-order valence-electron chi connectivity index (χ4n) is 5.27. The first kappa shape index (κ1) is 28.0. The molecule has 1 nitrogen and oxygen atoms in total. The molecule has 31 heavy (non-hydrogen) atoms. The molecule has 2 unspecified atom stereocenters. The third-order valence-corrected chi connectivity index (χ3v) is 7.30. The normalized spacial score (nSPS) is 24.9. The first-order valence-corrected chi connectivity index (χ1v) is 12.8. The van der Waals surface area contributed by atoms with Crippen molar-refractivity contribution in [1.29, 1.82) is 0 Å². The summed E-state index contributed by atoms with van der Waals surface area (Å²) < 4.78 is 0. The van der Waals surface area contributed by atoms with Crippen LogP contribution in [0.3, 0.4) is 0 Å². The minimum Gasteiger partial charge on any atom is -0.390 e. The topological polar surface area (TPSA) is 20.2 Å². The van der Waals surface area contributed by atoms with Gasteiger partial charge in [-0.3, -0.25) is 0 Å². The molecule has 0 saturated heterocycles. The zero-order chi connectivity index (χ0) is 23.5. The lowest BCUT2D eigenvalue weighted by molar-refractivity contribution is -0.0918. The van der Waals surface area contributed by atoms with Gasteiger partial charge in [-0.1, -0.05) is 66.9 Å². The highest BCUT2D eigenvalue weighted by molar-refractivity contribution is 5.07. The second-order valence-electron chi connectivity index (χ2n) is 11.4. The molecular weight excluding hydrogens is 376 g/mol. The average Bonchev–Trinajstić information content (AvgIpc) is 2.63. The molecule has 1 saturated carbocycles. The lowest BCUT2D eigenvalue weighted by Gasteiger charge is -2.48. The second-order valence-corrected chi connectivity index (χ2v) is 11.4. The summed E-state index contributed by atoms with van der Waals surface area (Å²) in [6, 6.07) is 0. The predicted octanol–water partition coefficient (Wildman–Crippen LogP) is 9.49. The predicted molar refractivity (Wildman–Crippen MR) is 139 cm³/mol. The van der Waals surface area contributed by atoms with Crippen LogP contribution in [0.25, 0.3) is 0 Å². The summed E-state index contributed by atoms with van der Waals surface area (Å²) in [6.07, 6.45) is 22.1. The van der Waals surface area contributed by atoms with E-state index in [4.69, 9.17) is 0 Å². The molecular formula is C30H52O. The highest BCUT2D eigenvalue weighted by Crippen LogP contribution is 2.48. The molecule has 1 N–H and O–H groups in total. The molecule has 1 aliphatic carbocycles. The quantitative estimate of drug-likeness (QED) is 0.242. The molecule has 1 fully saturated rings. The van der Waals surface area contributed by atoms with E-state index in [2.05, 4.69) is 79.7 Å². The van der Waals surface area contributed by atoms with E-state index in [0.29, 0.717) is 5.92 Å². The molecule has 0 aromatic heterocycles. The zero-order valence-electron chi connectivity index (χ0n) is 22.1. The minimum atomic E-state index is -0.500. The molecule has 1 aliphatic rings. The van der Waals surface area contributed by atoms with Gasteiger partial charge >= 0.3 is 0 Å². The SMILES string of the molecule is CC(C)=CCCC(C)=CCCC(C)=CCCC=C(C)CCC1C(C)(C)CCCC1(C)O. The lowest BCUT2D eigenvalue weighted by Crippen LogP contribution is -2.46. The van der Waals surface area contributed by atoms with E-state index in [-0.39, 0.29) is 5.41 Å². The maximum atomic E-state index is 10.9. The van der Waals surface area contributed by atoms with Crippen LogP contribution in [-0.4, -0.2) is 10.7 Å². The smallest absolute Gasteiger partial charge is 0.0653 e. The minimum absolute atomic E-state index is 0.250. The summed E-state index contributed by atoms with van der Waals surface area (Å²) in [6.45, 7) is 17.9. The van der Waals surface area contributed by atoms with Crippen molar-refractivity contribution in [2.75, 3.05) is 0 Å². The summed E-state index contributed by atoms with van der Waals surface area (Å²) in [5.74, 6) is 0.401. The molecule has 2 atom stereocenters. The van der Waals surface area contributed by atoms with E-state index >= 15 is 0 Å². The van der Waals surface area contributed by atoms with Crippen LogP contribution in [0.15, 0.2) is 46.6 Å². The molecule has 0 bridgehead atoms. The van der Waals surface area contributed by atoms with Crippen LogP contribution in [0.2, 0.25) is 0 Å². The van der Waals surface area contributed by atoms with Gasteiger partial charge in [-0.15, -0.1) is 0 Å². The number of unbranched alkanes of at least 4 members (excludes halogenated alkanes) is 1. The van der Waals surface area contributed by atoms with Crippen LogP contribution >= 0.6 is 0 Å². The number of allylic oxidation sites excluding steroid dienone is 8. The molecule has 0 radical (unpaired) electrons. The van der Waals surface area contributed by atoms with Gasteiger partial charge in [0.25, 0.3) is 0 Å². The number of hydrogen-bond acceptors (Lipinski definition) is 1. The fraction of sp³-hybridized carbons (Fsp3) is 0.733. The maximum absolute atomic E-state index is 10.9. The van der Waals surface area contributed by atoms with Gasteiger partial charge in [0.1, 0.15) is 0 Å². The van der Waals surface area contributed by atoms with Crippen molar-refractivity contribution in [3.05, 3.63) is 46.6 Å². The molecule has 0 aromatic carbocycles. The summed E-state index contributed by atoms with van der Waals surface area (Å²) in [4.78, 5) is 0. The van der Waals surface area contributed by atoms with Crippen molar-refractivity contribution < 1.29 is 5.11 Å². The van der Waals surface area contributed by atoms with E-state index in [9.17, 15) is 5.11 Å². The average molecular weight is 429 g/mol. The second kappa shape index (κ2) is 13.5. The van der Waals surface area contributed by atoms with E-state index < -0.39 is 5.60 Å². The molecule has 0 amide bonds. The highest BCUT2D eigenvalue weighted by Gasteiger charge is 2.44. The van der Waals surface area contributed by atoms with Crippen LogP contribution in [0.5, 0.6) is 0 Å². The summed E-state index contributed by atoms with van der Waals surface area (Å²) in [7, 11) is 0. The Balaban J connectivity index is 2.34. The van der Waals surface area contributed by atoms with Crippen LogP contribution in [0.4, 0.5) is 0 Å². The van der Waals surface area contributed by atoms with E-state index in [1.54, 1.807) is 0 Å². The summed E-state index contributed by atoms with van der Waals surface area (Å²) in [5.41, 5.74) is 5.68. The Labute approximate surface area is 194 Å². The van der Waals surface area contributed by atoms with Gasteiger partial charge in [-0.25, -0.2) is 0 Å². The molecule has 1 rings (SSSR count). The highest BCUT2D eigenvalue weighted by atomic mass is 16.3. The Bertz CT molecular complexity index is 634. The molecule has 1 heteroatoms. The largest absolute Gasteiger partial charge is 0.390 e. The van der Waals surface area contributed by atoms with Gasteiger partial charge in [0.2, 0.25) is 0 Å². The van der Waals surface area contributed by atoms with Gasteiger partial charge in [-0.2, -0.15) is 0 Å². The van der Waals surface area contributed by atoms with Gasteiger partial charge in [-0.05, 0) is 117 Å². The van der Waals surface area contributed by atoms with Crippen molar-refractivity contribution >= 4 is 0 Å². The molecule has 0 heterocycles. The first-order chi connectivity index (χ1) is 14.4. The zero-order valence-corrected chi connectivity index (χ0v) is 22.1. The third kappa shape index (κ3) is 11.4. The van der Waals surface area contributed by atoms with Crippen molar-refractivity contribution in [2.24, 2.45) is 11.3 Å². The van der Waals surface area contributed by atoms with Crippen LogP contribution in [-0.2, 0) is 0 Å². The Hall–Kier alpha value is -1.08. The molecule has 0 aromatic rings. The Morgan fingerprint density at radius 3 is 1.71 bits per heavy atom. The van der Waals surface area contributed by atoms with Gasteiger partial charge in [0.15, 0.2) is 0 Å². The van der Waals surface area contributed by atoms with Crippen molar-refractivity contribution in [2.45, 2.75) is 132 Å². The lowest BCUT2D eigenvalue weighted by atomic mass is 9.60. The van der Waals surface area contributed by atoms with E-state index in [1.807, 2.05) is 0 Å². The van der Waals surface area contributed by atoms with Crippen molar-refractivity contribution in [1.82, 2.24) is 0 Å². The van der Waals surface area contributed by atoms with Gasteiger partial charge in [0, 0.05) is 0 Å². The Kier molecular flexibility index (Phi) is 12.1. The maximum Gasteiger partial charge on any atom is 0.0653 e. The van der Waals surface area contributed by atoms with Crippen molar-refractivity contribution in [3.63, 3.8) is 0 Å². The Morgan fingerprint density at radius 2 is 1.19 bits per heavy atom. The number of hydrogen-bond donors (Lipinski definition) is 1. The summed E-state index contributed by atoms with van der Waals surface area (Å²) in [5, 5.41) is 10.9. The number of aliphatic hydroxyl groups is 1. The van der Waals surface area contributed by atoms with Gasteiger partial charge < -0.3 is 5.11 Å². The van der Waals surface area contributed by atoms with Crippen molar-refractivity contribution in [3.8, 4) is 0 Å². The molecule has 0 aliphatic heterocycles. The first-order valence-electron chi connectivity index (χ1n) is 12.8. The third-order valence-electron chi connectivity index (χ3n) is 7.30. The molecule has 0 spiro atoms. The van der Waals surface area contributed by atoms with Crippen LogP contribution in [0, 0.1) is 11.3 Å². The summed E-state index contributed by atoms with van der Waals surface area (Å²) >= 11 is 0. The molecule has 178 valence electrons. The Morgan fingerprint density at radius 1 is 0.710 bits per heavy atom. The number of rotatable bonds is 12.